The first kappa shape index (κ1) is 24.8. The summed E-state index contributed by atoms with van der Waals surface area (Å²) in [6, 6.07) is 16.3. The van der Waals surface area contributed by atoms with Crippen LogP contribution in [0.15, 0.2) is 60.8 Å². The van der Waals surface area contributed by atoms with E-state index in [4.69, 9.17) is 31.1 Å². The van der Waals surface area contributed by atoms with Crippen molar-refractivity contribution in [2.75, 3.05) is 6.61 Å². The van der Waals surface area contributed by atoms with Crippen LogP contribution in [0.2, 0.25) is 5.02 Å². The van der Waals surface area contributed by atoms with E-state index in [0.717, 1.165) is 24.0 Å². The van der Waals surface area contributed by atoms with Gasteiger partial charge in [0.2, 0.25) is 5.88 Å². The summed E-state index contributed by atoms with van der Waals surface area (Å²) in [5, 5.41) is 9.31. The molecule has 174 valence electrons. The number of ether oxygens (including phenoxy) is 3. The molecule has 0 aliphatic carbocycles. The molecule has 0 N–H and O–H groups in total. The maximum atomic E-state index is 11.8. The number of nitriles is 1. The van der Waals surface area contributed by atoms with Crippen LogP contribution < -0.4 is 9.47 Å². The molecule has 0 radical (unpaired) electrons. The Morgan fingerprint density at radius 2 is 1.97 bits per heavy atom. The van der Waals surface area contributed by atoms with Crippen LogP contribution in [0.4, 0.5) is 0 Å². The van der Waals surface area contributed by atoms with Crippen LogP contribution in [0.5, 0.6) is 17.4 Å². The molecule has 0 atom stereocenters. The van der Waals surface area contributed by atoms with Gasteiger partial charge in [0.1, 0.15) is 18.1 Å². The Labute approximate surface area is 204 Å². The van der Waals surface area contributed by atoms with Crippen LogP contribution in [-0.4, -0.2) is 17.6 Å². The monoisotopic (exact) mass is 476 g/mol. The van der Waals surface area contributed by atoms with Gasteiger partial charge in [-0.3, -0.25) is 0 Å². The van der Waals surface area contributed by atoms with E-state index in [1.807, 2.05) is 32.0 Å². The number of aryl methyl sites for hydroxylation is 1. The number of carbonyl (C=O) groups excluding carboxylic acids is 1. The first-order chi connectivity index (χ1) is 16.5. The van der Waals surface area contributed by atoms with Crippen molar-refractivity contribution in [1.82, 2.24) is 4.98 Å². The van der Waals surface area contributed by atoms with Gasteiger partial charge in [-0.25, -0.2) is 9.78 Å². The van der Waals surface area contributed by atoms with Crippen LogP contribution in [0.1, 0.15) is 42.0 Å². The molecule has 0 spiro atoms. The second-order valence-electron chi connectivity index (χ2n) is 7.53. The Morgan fingerprint density at radius 3 is 2.65 bits per heavy atom. The van der Waals surface area contributed by atoms with E-state index < -0.39 is 5.97 Å². The second-order valence-corrected chi connectivity index (χ2v) is 7.93. The third-order valence-electron chi connectivity index (χ3n) is 4.85. The number of unbranched alkanes of at least 4 members (excludes halogenated alkanes) is 1. The third kappa shape index (κ3) is 7.36. The molecule has 3 aromatic rings. The normalized spacial score (nSPS) is 10.6. The molecule has 1 heterocycles. The van der Waals surface area contributed by atoms with E-state index in [0.29, 0.717) is 46.7 Å². The number of hydrogen-bond donors (Lipinski definition) is 0. The number of pyridine rings is 1. The maximum absolute atomic E-state index is 11.8. The predicted molar refractivity (Wildman–Crippen MR) is 131 cm³/mol. The third-order valence-corrected chi connectivity index (χ3v) is 5.18. The van der Waals surface area contributed by atoms with Crippen LogP contribution >= 0.6 is 11.6 Å². The van der Waals surface area contributed by atoms with Gasteiger partial charge in [0.25, 0.3) is 0 Å². The van der Waals surface area contributed by atoms with Gasteiger partial charge in [0, 0.05) is 18.2 Å². The number of hydrogen-bond acceptors (Lipinski definition) is 6. The van der Waals surface area contributed by atoms with Crippen molar-refractivity contribution in [1.29, 1.82) is 5.26 Å². The molecule has 0 fully saturated rings. The van der Waals surface area contributed by atoms with E-state index >= 15 is 0 Å². The fourth-order valence-corrected chi connectivity index (χ4v) is 3.13. The summed E-state index contributed by atoms with van der Waals surface area (Å²) in [7, 11) is 0. The summed E-state index contributed by atoms with van der Waals surface area (Å²) < 4.78 is 16.7. The fraction of sp³-hybridized carbons (Fsp3) is 0.222. The van der Waals surface area contributed by atoms with Crippen LogP contribution in [0.3, 0.4) is 0 Å². The molecule has 34 heavy (non-hydrogen) atoms. The van der Waals surface area contributed by atoms with Gasteiger partial charge in [-0.05, 0) is 60.4 Å². The van der Waals surface area contributed by atoms with Crippen molar-refractivity contribution in [3.8, 4) is 23.4 Å². The van der Waals surface area contributed by atoms with E-state index in [9.17, 15) is 4.79 Å². The highest BCUT2D eigenvalue weighted by Gasteiger charge is 2.09. The minimum Gasteiger partial charge on any atom is -0.487 e. The Kier molecular flexibility index (Phi) is 9.07. The molecule has 0 amide bonds. The molecule has 0 aliphatic heterocycles. The Morgan fingerprint density at radius 1 is 1.18 bits per heavy atom. The SMILES string of the molecule is CCCCOC(=O)/C=C/c1cc(C)c(Oc2ccc(OCc3ccc(C#N)cc3)cn2)cc1Cl. The fourth-order valence-electron chi connectivity index (χ4n) is 2.91. The molecule has 7 heteroatoms. The van der Waals surface area contributed by atoms with Crippen molar-refractivity contribution < 1.29 is 19.0 Å². The minimum atomic E-state index is -0.395. The lowest BCUT2D eigenvalue weighted by atomic mass is 10.1. The zero-order chi connectivity index (χ0) is 24.3. The molecule has 0 saturated carbocycles. The van der Waals surface area contributed by atoms with E-state index in [2.05, 4.69) is 11.1 Å². The smallest absolute Gasteiger partial charge is 0.330 e. The number of esters is 1. The molecule has 0 bridgehead atoms. The molecule has 3 rings (SSSR count). The van der Waals surface area contributed by atoms with Crippen molar-refractivity contribution >= 4 is 23.6 Å². The Balaban J connectivity index is 1.58. The predicted octanol–water partition coefficient (Wildman–Crippen LogP) is 6.64. The first-order valence-corrected chi connectivity index (χ1v) is 11.3. The van der Waals surface area contributed by atoms with Gasteiger partial charge < -0.3 is 14.2 Å². The highest BCUT2D eigenvalue weighted by Crippen LogP contribution is 2.31. The van der Waals surface area contributed by atoms with E-state index in [1.165, 1.54) is 6.08 Å². The number of aromatic nitrogens is 1. The Hall–Kier alpha value is -3.82. The van der Waals surface area contributed by atoms with Gasteiger partial charge >= 0.3 is 5.97 Å². The number of carbonyl (C=O) groups is 1. The Bertz CT molecular complexity index is 1180. The molecule has 0 saturated heterocycles. The van der Waals surface area contributed by atoms with Crippen molar-refractivity contribution in [3.63, 3.8) is 0 Å². The molecular formula is C27H25ClN2O4. The topological polar surface area (TPSA) is 81.4 Å². The quantitative estimate of drug-likeness (QED) is 0.185. The van der Waals surface area contributed by atoms with Crippen LogP contribution in [0.25, 0.3) is 6.08 Å². The zero-order valence-electron chi connectivity index (χ0n) is 19.1. The van der Waals surface area contributed by atoms with Crippen LogP contribution in [0, 0.1) is 18.3 Å². The summed E-state index contributed by atoms with van der Waals surface area (Å²) in [6.45, 7) is 4.69. The lowest BCUT2D eigenvalue weighted by Crippen LogP contribution is -2.01. The van der Waals surface area contributed by atoms with E-state index in [1.54, 1.807) is 42.6 Å². The summed E-state index contributed by atoms with van der Waals surface area (Å²) in [6.07, 6.45) is 6.38. The van der Waals surface area contributed by atoms with Crippen LogP contribution in [-0.2, 0) is 16.1 Å². The molecule has 0 unspecified atom stereocenters. The highest BCUT2D eigenvalue weighted by atomic mass is 35.5. The number of halogens is 1. The summed E-state index contributed by atoms with van der Waals surface area (Å²) in [5.74, 6) is 1.16. The number of nitrogens with zero attached hydrogens (tertiary/aromatic N) is 2. The minimum absolute atomic E-state index is 0.365. The largest absolute Gasteiger partial charge is 0.487 e. The summed E-state index contributed by atoms with van der Waals surface area (Å²) >= 11 is 6.38. The summed E-state index contributed by atoms with van der Waals surface area (Å²) in [5.41, 5.74) is 3.09. The zero-order valence-corrected chi connectivity index (χ0v) is 19.8. The van der Waals surface area contributed by atoms with Gasteiger partial charge in [-0.1, -0.05) is 37.1 Å². The van der Waals surface area contributed by atoms with Gasteiger partial charge in [0.05, 0.1) is 29.5 Å². The standard InChI is InChI=1S/C27H25ClN2O4/c1-3-4-13-32-27(31)12-9-22-14-19(2)25(15-24(22)28)34-26-11-10-23(17-30-26)33-18-21-7-5-20(16-29)6-8-21/h5-12,14-15,17H,3-4,13,18H2,1-2H3/b12-9+. The van der Waals surface area contributed by atoms with Crippen molar-refractivity contribution in [2.24, 2.45) is 0 Å². The maximum Gasteiger partial charge on any atom is 0.330 e. The summed E-state index contributed by atoms with van der Waals surface area (Å²) in [4.78, 5) is 16.1. The van der Waals surface area contributed by atoms with Gasteiger partial charge in [-0.2, -0.15) is 5.26 Å². The lowest BCUT2D eigenvalue weighted by Gasteiger charge is -2.11. The van der Waals surface area contributed by atoms with E-state index in [-0.39, 0.29) is 0 Å². The number of benzene rings is 2. The highest BCUT2D eigenvalue weighted by molar-refractivity contribution is 6.32. The van der Waals surface area contributed by atoms with Gasteiger partial charge in [0.15, 0.2) is 0 Å². The molecule has 1 aromatic heterocycles. The molecule has 6 nitrogen and oxygen atoms in total. The molecule has 2 aromatic carbocycles. The van der Waals surface area contributed by atoms with Crippen molar-refractivity contribution in [2.45, 2.75) is 33.3 Å². The molecular weight excluding hydrogens is 452 g/mol. The first-order valence-electron chi connectivity index (χ1n) is 10.9. The van der Waals surface area contributed by atoms with Crippen molar-refractivity contribution in [3.05, 3.63) is 88.1 Å². The average molecular weight is 477 g/mol. The number of rotatable bonds is 10. The lowest BCUT2D eigenvalue weighted by molar-refractivity contribution is -0.137. The van der Waals surface area contributed by atoms with Gasteiger partial charge in [-0.15, -0.1) is 0 Å². The molecule has 0 aliphatic rings. The average Bonchev–Trinajstić information content (AvgIpc) is 2.85. The second kappa shape index (κ2) is 12.4.